The van der Waals surface area contributed by atoms with Crippen LogP contribution < -0.4 is 10.6 Å². The highest BCUT2D eigenvalue weighted by molar-refractivity contribution is 6.30. The van der Waals surface area contributed by atoms with Gasteiger partial charge in [0.25, 0.3) is 0 Å². The molecule has 0 heterocycles. The second-order valence-corrected chi connectivity index (χ2v) is 7.17. The first-order chi connectivity index (χ1) is 10.8. The van der Waals surface area contributed by atoms with E-state index in [9.17, 15) is 4.79 Å². The van der Waals surface area contributed by atoms with E-state index in [2.05, 4.69) is 17.6 Å². The SMILES string of the molecule is CCCCC(CNC(=O)OC(C)(C)C)NCc1ccc(Cl)cc1. The van der Waals surface area contributed by atoms with E-state index < -0.39 is 5.60 Å². The summed E-state index contributed by atoms with van der Waals surface area (Å²) in [7, 11) is 0. The van der Waals surface area contributed by atoms with Crippen LogP contribution in [0.15, 0.2) is 24.3 Å². The molecule has 23 heavy (non-hydrogen) atoms. The summed E-state index contributed by atoms with van der Waals surface area (Å²) in [6.07, 6.45) is 2.90. The van der Waals surface area contributed by atoms with Crippen LogP contribution in [0.4, 0.5) is 4.79 Å². The number of rotatable bonds is 8. The zero-order valence-electron chi connectivity index (χ0n) is 14.6. The second kappa shape index (κ2) is 9.78. The van der Waals surface area contributed by atoms with Crippen molar-refractivity contribution in [2.45, 2.75) is 65.1 Å². The molecule has 1 aromatic rings. The van der Waals surface area contributed by atoms with Gasteiger partial charge in [0, 0.05) is 24.2 Å². The molecule has 0 fully saturated rings. The van der Waals surface area contributed by atoms with Crippen molar-refractivity contribution in [3.05, 3.63) is 34.9 Å². The van der Waals surface area contributed by atoms with E-state index in [1.54, 1.807) is 0 Å². The molecule has 0 radical (unpaired) electrons. The fourth-order valence-electron chi connectivity index (χ4n) is 2.11. The lowest BCUT2D eigenvalue weighted by Gasteiger charge is -2.23. The molecule has 0 saturated heterocycles. The predicted octanol–water partition coefficient (Wildman–Crippen LogP) is 4.51. The minimum absolute atomic E-state index is 0.221. The van der Waals surface area contributed by atoms with Gasteiger partial charge in [0.15, 0.2) is 0 Å². The summed E-state index contributed by atoms with van der Waals surface area (Å²) in [6, 6.07) is 8.01. The maximum absolute atomic E-state index is 11.8. The first kappa shape index (κ1) is 19.8. The molecule has 1 rings (SSSR count). The van der Waals surface area contributed by atoms with Gasteiger partial charge in [-0.3, -0.25) is 0 Å². The fourth-order valence-corrected chi connectivity index (χ4v) is 2.24. The van der Waals surface area contributed by atoms with Gasteiger partial charge in [0.1, 0.15) is 5.60 Å². The quantitative estimate of drug-likeness (QED) is 0.731. The van der Waals surface area contributed by atoms with Crippen LogP contribution >= 0.6 is 11.6 Å². The average molecular weight is 341 g/mol. The van der Waals surface area contributed by atoms with E-state index in [0.717, 1.165) is 30.8 Å². The molecule has 1 unspecified atom stereocenters. The fraction of sp³-hybridized carbons (Fsp3) is 0.611. The summed E-state index contributed by atoms with van der Waals surface area (Å²) < 4.78 is 5.28. The van der Waals surface area contributed by atoms with Gasteiger partial charge in [-0.1, -0.05) is 43.5 Å². The lowest BCUT2D eigenvalue weighted by molar-refractivity contribution is 0.0521. The van der Waals surface area contributed by atoms with Gasteiger partial charge in [-0.15, -0.1) is 0 Å². The van der Waals surface area contributed by atoms with Crippen LogP contribution in [0.5, 0.6) is 0 Å². The maximum Gasteiger partial charge on any atom is 0.407 e. The predicted molar refractivity (Wildman–Crippen MR) is 95.8 cm³/mol. The number of hydrogen-bond acceptors (Lipinski definition) is 3. The highest BCUT2D eigenvalue weighted by Gasteiger charge is 2.17. The van der Waals surface area contributed by atoms with Gasteiger partial charge in [-0.2, -0.15) is 0 Å². The lowest BCUT2D eigenvalue weighted by atomic mass is 10.1. The van der Waals surface area contributed by atoms with Crippen molar-refractivity contribution < 1.29 is 9.53 Å². The molecule has 1 aromatic carbocycles. The van der Waals surface area contributed by atoms with Crippen LogP contribution in [0.25, 0.3) is 0 Å². The number of alkyl carbamates (subject to hydrolysis) is 1. The Kier molecular flexibility index (Phi) is 8.42. The van der Waals surface area contributed by atoms with Crippen molar-refractivity contribution in [3.8, 4) is 0 Å². The van der Waals surface area contributed by atoms with E-state index in [4.69, 9.17) is 16.3 Å². The summed E-state index contributed by atoms with van der Waals surface area (Å²) in [4.78, 5) is 11.8. The van der Waals surface area contributed by atoms with Crippen LogP contribution in [0.2, 0.25) is 5.02 Å². The molecule has 1 amide bonds. The molecular weight excluding hydrogens is 312 g/mol. The van der Waals surface area contributed by atoms with Crippen LogP contribution in [0.3, 0.4) is 0 Å². The maximum atomic E-state index is 11.8. The van der Waals surface area contributed by atoms with E-state index in [-0.39, 0.29) is 12.1 Å². The Labute approximate surface area is 144 Å². The Bertz CT molecular complexity index is 469. The van der Waals surface area contributed by atoms with Gasteiger partial charge in [0.05, 0.1) is 0 Å². The van der Waals surface area contributed by atoms with Crippen molar-refractivity contribution in [3.63, 3.8) is 0 Å². The van der Waals surface area contributed by atoms with Gasteiger partial charge in [-0.25, -0.2) is 4.79 Å². The Hall–Kier alpha value is -1.26. The summed E-state index contributed by atoms with van der Waals surface area (Å²) >= 11 is 5.90. The van der Waals surface area contributed by atoms with Gasteiger partial charge < -0.3 is 15.4 Å². The molecule has 130 valence electrons. The molecule has 0 aliphatic heterocycles. The number of hydrogen-bond donors (Lipinski definition) is 2. The van der Waals surface area contributed by atoms with Gasteiger partial charge in [0.2, 0.25) is 0 Å². The Morgan fingerprint density at radius 1 is 1.26 bits per heavy atom. The highest BCUT2D eigenvalue weighted by Crippen LogP contribution is 2.10. The van der Waals surface area contributed by atoms with E-state index >= 15 is 0 Å². The van der Waals surface area contributed by atoms with Crippen molar-refractivity contribution in [1.29, 1.82) is 0 Å². The largest absolute Gasteiger partial charge is 0.444 e. The number of carbonyl (C=O) groups is 1. The third-order valence-electron chi connectivity index (χ3n) is 3.31. The molecule has 0 aliphatic carbocycles. The standard InChI is InChI=1S/C18H29ClN2O2/c1-5-6-7-16(13-21-17(22)23-18(2,3)4)20-12-14-8-10-15(19)11-9-14/h8-11,16,20H,5-7,12-13H2,1-4H3,(H,21,22). The zero-order valence-corrected chi connectivity index (χ0v) is 15.4. The lowest BCUT2D eigenvalue weighted by Crippen LogP contribution is -2.42. The minimum Gasteiger partial charge on any atom is -0.444 e. The molecule has 0 spiro atoms. The summed E-state index contributed by atoms with van der Waals surface area (Å²) in [5, 5.41) is 7.08. The van der Waals surface area contributed by atoms with Crippen molar-refractivity contribution in [1.82, 2.24) is 10.6 Å². The second-order valence-electron chi connectivity index (χ2n) is 6.73. The summed E-state index contributed by atoms with van der Waals surface area (Å²) in [5.74, 6) is 0. The van der Waals surface area contributed by atoms with Crippen LogP contribution in [0, 0.1) is 0 Å². The monoisotopic (exact) mass is 340 g/mol. The molecule has 0 saturated carbocycles. The van der Waals surface area contributed by atoms with Crippen LogP contribution in [-0.2, 0) is 11.3 Å². The van der Waals surface area contributed by atoms with E-state index in [1.165, 1.54) is 5.56 Å². The topological polar surface area (TPSA) is 50.4 Å². The minimum atomic E-state index is -0.472. The first-order valence-electron chi connectivity index (χ1n) is 8.25. The van der Waals surface area contributed by atoms with Crippen molar-refractivity contribution in [2.24, 2.45) is 0 Å². The number of ether oxygens (including phenoxy) is 1. The molecule has 4 nitrogen and oxygen atoms in total. The third-order valence-corrected chi connectivity index (χ3v) is 3.56. The number of amides is 1. The number of nitrogens with one attached hydrogen (secondary N) is 2. The van der Waals surface area contributed by atoms with Crippen LogP contribution in [-0.4, -0.2) is 24.3 Å². The van der Waals surface area contributed by atoms with Crippen molar-refractivity contribution >= 4 is 17.7 Å². The smallest absolute Gasteiger partial charge is 0.407 e. The van der Waals surface area contributed by atoms with Gasteiger partial charge in [-0.05, 0) is 44.9 Å². The zero-order chi connectivity index (χ0) is 17.3. The highest BCUT2D eigenvalue weighted by atomic mass is 35.5. The van der Waals surface area contributed by atoms with E-state index in [0.29, 0.717) is 6.54 Å². The number of carbonyl (C=O) groups excluding carboxylic acids is 1. The Balaban J connectivity index is 2.45. The summed E-state index contributed by atoms with van der Waals surface area (Å²) in [5.41, 5.74) is 0.702. The Morgan fingerprint density at radius 2 is 1.91 bits per heavy atom. The van der Waals surface area contributed by atoms with E-state index in [1.807, 2.05) is 45.0 Å². The summed E-state index contributed by atoms with van der Waals surface area (Å²) in [6.45, 7) is 9.06. The molecule has 2 N–H and O–H groups in total. The molecule has 5 heteroatoms. The first-order valence-corrected chi connectivity index (χ1v) is 8.62. The number of halogens is 1. The molecule has 0 aromatic heterocycles. The Morgan fingerprint density at radius 3 is 2.48 bits per heavy atom. The number of unbranched alkanes of at least 4 members (excludes halogenated alkanes) is 1. The molecular formula is C18H29ClN2O2. The molecule has 0 aliphatic rings. The average Bonchev–Trinajstić information content (AvgIpc) is 2.46. The van der Waals surface area contributed by atoms with Crippen molar-refractivity contribution in [2.75, 3.05) is 6.54 Å². The van der Waals surface area contributed by atoms with Gasteiger partial charge >= 0.3 is 6.09 Å². The molecule has 0 bridgehead atoms. The molecule has 1 atom stereocenters. The number of benzene rings is 1. The van der Waals surface area contributed by atoms with Crippen LogP contribution in [0.1, 0.15) is 52.5 Å². The third kappa shape index (κ3) is 9.47. The normalized spacial score (nSPS) is 12.7.